The van der Waals surface area contributed by atoms with Gasteiger partial charge in [-0.1, -0.05) is 42.5 Å². The van der Waals surface area contributed by atoms with E-state index in [0.29, 0.717) is 17.1 Å². The summed E-state index contributed by atoms with van der Waals surface area (Å²) in [4.78, 5) is 12.6. The summed E-state index contributed by atoms with van der Waals surface area (Å²) >= 11 is 0. The number of carbonyl (C=O) groups is 1. The van der Waals surface area contributed by atoms with Crippen LogP contribution in [0.4, 0.5) is 0 Å². The van der Waals surface area contributed by atoms with Crippen LogP contribution in [0.2, 0.25) is 0 Å². The lowest BCUT2D eigenvalue weighted by molar-refractivity contribution is 0.0732. The Morgan fingerprint density at radius 3 is 2.64 bits per heavy atom. The second kappa shape index (κ2) is 7.33. The van der Waals surface area contributed by atoms with Gasteiger partial charge < -0.3 is 9.47 Å². The molecule has 0 radical (unpaired) electrons. The van der Waals surface area contributed by atoms with Crippen LogP contribution in [0.1, 0.15) is 15.9 Å². The maximum atomic E-state index is 12.6. The molecule has 0 aliphatic heterocycles. The predicted octanol–water partition coefficient (Wildman–Crippen LogP) is 4.60. The second-order valence-corrected chi connectivity index (χ2v) is 5.29. The van der Waals surface area contributed by atoms with E-state index in [1.54, 1.807) is 30.3 Å². The van der Waals surface area contributed by atoms with Gasteiger partial charge in [-0.15, -0.1) is 0 Å². The van der Waals surface area contributed by atoms with E-state index in [-0.39, 0.29) is 0 Å². The summed E-state index contributed by atoms with van der Waals surface area (Å²) in [5.41, 5.74) is 1.27. The molecule has 0 N–H and O–H groups in total. The summed E-state index contributed by atoms with van der Waals surface area (Å²) in [6, 6.07) is 20.2. The minimum Gasteiger partial charge on any atom is -0.493 e. The van der Waals surface area contributed by atoms with Gasteiger partial charge in [-0.25, -0.2) is 4.79 Å². The zero-order chi connectivity index (χ0) is 17.6. The Kier molecular flexibility index (Phi) is 4.77. The van der Waals surface area contributed by atoms with Crippen LogP contribution in [-0.4, -0.2) is 13.1 Å². The quantitative estimate of drug-likeness (QED) is 0.398. The summed E-state index contributed by atoms with van der Waals surface area (Å²) in [5.74, 6) is 0.304. The molecule has 0 atom stereocenters. The maximum Gasteiger partial charge on any atom is 0.344 e. The topological polar surface area (TPSA) is 59.3 Å². The lowest BCUT2D eigenvalue weighted by atomic mass is 10.0. The molecule has 4 nitrogen and oxygen atoms in total. The van der Waals surface area contributed by atoms with Crippen LogP contribution in [0.15, 0.2) is 66.7 Å². The van der Waals surface area contributed by atoms with Gasteiger partial charge in [-0.3, -0.25) is 0 Å². The molecular formula is C21H15NO3. The van der Waals surface area contributed by atoms with Crippen LogP contribution in [-0.2, 0) is 0 Å². The fraction of sp³-hybridized carbons (Fsp3) is 0.0476. The van der Waals surface area contributed by atoms with Crippen molar-refractivity contribution in [1.29, 1.82) is 5.26 Å². The Balaban J connectivity index is 1.92. The summed E-state index contributed by atoms with van der Waals surface area (Å²) in [6.45, 7) is 0. The number of nitriles is 1. The average molecular weight is 329 g/mol. The van der Waals surface area contributed by atoms with Crippen molar-refractivity contribution in [3.05, 3.63) is 77.9 Å². The predicted molar refractivity (Wildman–Crippen MR) is 96.5 cm³/mol. The molecule has 0 aliphatic rings. The fourth-order valence-electron chi connectivity index (χ4n) is 2.56. The lowest BCUT2D eigenvalue weighted by Crippen LogP contribution is -2.09. The van der Waals surface area contributed by atoms with Gasteiger partial charge >= 0.3 is 5.97 Å². The molecule has 3 aromatic carbocycles. The van der Waals surface area contributed by atoms with Gasteiger partial charge in [0.25, 0.3) is 0 Å². The molecule has 0 spiro atoms. The summed E-state index contributed by atoms with van der Waals surface area (Å²) in [6.07, 6.45) is 3.02. The monoisotopic (exact) mass is 329 g/mol. The number of fused-ring (bicyclic) bond motifs is 1. The van der Waals surface area contributed by atoms with Crippen LogP contribution < -0.4 is 9.47 Å². The molecule has 25 heavy (non-hydrogen) atoms. The Hall–Kier alpha value is -3.58. The zero-order valence-electron chi connectivity index (χ0n) is 13.6. The molecule has 4 heteroatoms. The number of hydrogen-bond acceptors (Lipinski definition) is 4. The first-order valence-corrected chi connectivity index (χ1v) is 7.67. The van der Waals surface area contributed by atoms with E-state index in [1.807, 2.05) is 42.5 Å². The van der Waals surface area contributed by atoms with E-state index in [0.717, 1.165) is 16.3 Å². The Labute approximate surface area is 145 Å². The minimum absolute atomic E-state index is 0.328. The van der Waals surface area contributed by atoms with Gasteiger partial charge in [0.05, 0.1) is 18.7 Å². The third kappa shape index (κ3) is 3.51. The van der Waals surface area contributed by atoms with Crippen molar-refractivity contribution in [3.8, 4) is 17.6 Å². The highest BCUT2D eigenvalue weighted by Gasteiger charge is 2.15. The van der Waals surface area contributed by atoms with E-state index in [1.165, 1.54) is 13.2 Å². The van der Waals surface area contributed by atoms with Crippen LogP contribution in [0.3, 0.4) is 0 Å². The van der Waals surface area contributed by atoms with Crippen LogP contribution in [0.25, 0.3) is 16.8 Å². The van der Waals surface area contributed by atoms with Crippen molar-refractivity contribution in [2.75, 3.05) is 7.11 Å². The third-order valence-electron chi connectivity index (χ3n) is 3.75. The van der Waals surface area contributed by atoms with Crippen molar-refractivity contribution in [2.45, 2.75) is 0 Å². The number of benzene rings is 3. The number of rotatable bonds is 4. The normalized spacial score (nSPS) is 10.6. The van der Waals surface area contributed by atoms with Crippen molar-refractivity contribution in [2.24, 2.45) is 0 Å². The maximum absolute atomic E-state index is 12.6. The molecule has 3 rings (SSSR count). The number of methoxy groups -OCH3 is 1. The molecule has 0 bridgehead atoms. The van der Waals surface area contributed by atoms with Gasteiger partial charge in [-0.2, -0.15) is 5.26 Å². The SMILES string of the molecule is COc1cc(/C=C\C#N)ccc1OC(=O)c1cccc2ccccc12. The van der Waals surface area contributed by atoms with Crippen molar-refractivity contribution in [3.63, 3.8) is 0 Å². The van der Waals surface area contributed by atoms with Gasteiger partial charge in [0.1, 0.15) is 0 Å². The van der Waals surface area contributed by atoms with Crippen LogP contribution in [0.5, 0.6) is 11.5 Å². The summed E-state index contributed by atoms with van der Waals surface area (Å²) in [7, 11) is 1.50. The fourth-order valence-corrected chi connectivity index (χ4v) is 2.56. The number of hydrogen-bond donors (Lipinski definition) is 0. The zero-order valence-corrected chi connectivity index (χ0v) is 13.6. The highest BCUT2D eigenvalue weighted by molar-refractivity contribution is 6.05. The van der Waals surface area contributed by atoms with Crippen LogP contribution in [0, 0.1) is 11.3 Å². The molecular weight excluding hydrogens is 314 g/mol. The summed E-state index contributed by atoms with van der Waals surface area (Å²) < 4.78 is 10.8. The number of ether oxygens (including phenoxy) is 2. The highest BCUT2D eigenvalue weighted by atomic mass is 16.6. The average Bonchev–Trinajstić information content (AvgIpc) is 2.66. The molecule has 3 aromatic rings. The van der Waals surface area contributed by atoms with Gasteiger partial charge in [0, 0.05) is 6.08 Å². The molecule has 0 saturated carbocycles. The molecule has 0 aromatic heterocycles. The van der Waals surface area contributed by atoms with E-state index < -0.39 is 5.97 Å². The first kappa shape index (κ1) is 16.3. The standard InChI is InChI=1S/C21H15NO3/c1-24-20-14-15(6-5-13-22)11-12-19(20)25-21(23)18-10-4-8-16-7-2-3-9-17(16)18/h2-12,14H,1H3/b6-5-. The van der Waals surface area contributed by atoms with Gasteiger partial charge in [-0.05, 0) is 40.6 Å². The molecule has 0 amide bonds. The van der Waals surface area contributed by atoms with Gasteiger partial charge in [0.15, 0.2) is 11.5 Å². The molecule has 0 aliphatic carbocycles. The Morgan fingerprint density at radius 2 is 1.84 bits per heavy atom. The third-order valence-corrected chi connectivity index (χ3v) is 3.75. The Morgan fingerprint density at radius 1 is 1.04 bits per heavy atom. The minimum atomic E-state index is -0.449. The molecule has 122 valence electrons. The first-order valence-electron chi connectivity index (χ1n) is 7.67. The largest absolute Gasteiger partial charge is 0.493 e. The number of allylic oxidation sites excluding steroid dienone is 1. The lowest BCUT2D eigenvalue weighted by Gasteiger charge is -2.11. The number of carbonyl (C=O) groups excluding carboxylic acids is 1. The van der Waals surface area contributed by atoms with Crippen LogP contribution >= 0.6 is 0 Å². The van der Waals surface area contributed by atoms with Crippen molar-refractivity contribution < 1.29 is 14.3 Å². The smallest absolute Gasteiger partial charge is 0.344 e. The first-order chi connectivity index (χ1) is 12.2. The molecule has 0 fully saturated rings. The second-order valence-electron chi connectivity index (χ2n) is 5.29. The summed E-state index contributed by atoms with van der Waals surface area (Å²) in [5, 5.41) is 10.4. The van der Waals surface area contributed by atoms with Gasteiger partial charge in [0.2, 0.25) is 0 Å². The Bertz CT molecular complexity index is 994. The van der Waals surface area contributed by atoms with Crippen molar-refractivity contribution in [1.82, 2.24) is 0 Å². The number of esters is 1. The van der Waals surface area contributed by atoms with Crippen molar-refractivity contribution >= 4 is 22.8 Å². The molecule has 0 heterocycles. The molecule has 0 saturated heterocycles. The van der Waals surface area contributed by atoms with E-state index in [9.17, 15) is 4.79 Å². The van der Waals surface area contributed by atoms with E-state index in [2.05, 4.69) is 0 Å². The molecule has 0 unspecified atom stereocenters. The highest BCUT2D eigenvalue weighted by Crippen LogP contribution is 2.30. The number of nitrogens with zero attached hydrogens (tertiary/aromatic N) is 1. The van der Waals surface area contributed by atoms with E-state index in [4.69, 9.17) is 14.7 Å². The van der Waals surface area contributed by atoms with E-state index >= 15 is 0 Å².